The second kappa shape index (κ2) is 7.79. The van der Waals surface area contributed by atoms with Gasteiger partial charge in [-0.15, -0.1) is 0 Å². The third-order valence-electron chi connectivity index (χ3n) is 2.76. The van der Waals surface area contributed by atoms with E-state index in [2.05, 4.69) is 10.6 Å². The fraction of sp³-hybridized carbons (Fsp3) is 0.188. The second-order valence-electron chi connectivity index (χ2n) is 4.54. The van der Waals surface area contributed by atoms with E-state index in [0.29, 0.717) is 11.4 Å². The zero-order chi connectivity index (χ0) is 16.7. The van der Waals surface area contributed by atoms with E-state index >= 15 is 0 Å². The molecule has 0 atom stereocenters. The first-order valence-corrected chi connectivity index (χ1v) is 6.99. The molecule has 2 rings (SSSR count). The topological polar surface area (TPSA) is 97.6 Å². The number of hydrogen-bond donors (Lipinski definition) is 2. The summed E-state index contributed by atoms with van der Waals surface area (Å²) < 4.78 is 9.70. The second-order valence-corrected chi connectivity index (χ2v) is 4.54. The molecule has 1 aromatic heterocycles. The number of esters is 1. The van der Waals surface area contributed by atoms with Gasteiger partial charge in [0.05, 0.1) is 12.9 Å². The summed E-state index contributed by atoms with van der Waals surface area (Å²) in [4.78, 5) is 34.8. The third-order valence-corrected chi connectivity index (χ3v) is 2.76. The first-order valence-electron chi connectivity index (χ1n) is 6.99. The number of nitrogens with one attached hydrogen (secondary N) is 2. The van der Waals surface area contributed by atoms with Crippen LogP contribution in [0.1, 0.15) is 23.9 Å². The maximum absolute atomic E-state index is 11.9. The number of amides is 2. The van der Waals surface area contributed by atoms with Crippen LogP contribution < -0.4 is 10.6 Å². The summed E-state index contributed by atoms with van der Waals surface area (Å²) in [6.07, 6.45) is 1.04. The van der Waals surface area contributed by atoms with Crippen molar-refractivity contribution < 1.29 is 23.5 Å². The zero-order valence-corrected chi connectivity index (χ0v) is 12.5. The van der Waals surface area contributed by atoms with Gasteiger partial charge in [-0.3, -0.25) is 14.4 Å². The Morgan fingerprint density at radius 2 is 1.83 bits per heavy atom. The standard InChI is InChI=1S/C16H16N2O5/c1-2-22-15(20)10-14(19)17-11-5-3-6-12(9-11)18-16(21)13-7-4-8-23-13/h3-9H,2,10H2,1H3,(H,17,19)(H,18,21). The minimum atomic E-state index is -0.590. The molecule has 0 fully saturated rings. The molecule has 2 amide bonds. The number of ether oxygens (including phenoxy) is 1. The number of carbonyl (C=O) groups excluding carboxylic acids is 3. The van der Waals surface area contributed by atoms with Crippen LogP contribution >= 0.6 is 0 Å². The zero-order valence-electron chi connectivity index (χ0n) is 12.5. The van der Waals surface area contributed by atoms with Crippen LogP contribution in [-0.4, -0.2) is 24.4 Å². The van der Waals surface area contributed by atoms with Crippen LogP contribution in [0.25, 0.3) is 0 Å². The molecule has 7 heteroatoms. The summed E-state index contributed by atoms with van der Waals surface area (Å²) in [6, 6.07) is 9.70. The summed E-state index contributed by atoms with van der Waals surface area (Å²) in [5.74, 6) is -1.29. The molecule has 120 valence electrons. The average Bonchev–Trinajstić information content (AvgIpc) is 3.01. The minimum Gasteiger partial charge on any atom is -0.466 e. The molecule has 0 radical (unpaired) electrons. The van der Waals surface area contributed by atoms with Crippen molar-refractivity contribution in [1.29, 1.82) is 0 Å². The van der Waals surface area contributed by atoms with Crippen molar-refractivity contribution in [2.75, 3.05) is 17.2 Å². The van der Waals surface area contributed by atoms with Gasteiger partial charge in [0.1, 0.15) is 6.42 Å². The minimum absolute atomic E-state index is 0.182. The van der Waals surface area contributed by atoms with E-state index in [4.69, 9.17) is 9.15 Å². The molecule has 7 nitrogen and oxygen atoms in total. The van der Waals surface area contributed by atoms with Crippen molar-refractivity contribution in [1.82, 2.24) is 0 Å². The van der Waals surface area contributed by atoms with Crippen molar-refractivity contribution in [3.05, 3.63) is 48.4 Å². The molecule has 0 saturated heterocycles. The number of furan rings is 1. The van der Waals surface area contributed by atoms with Gasteiger partial charge in [0.25, 0.3) is 5.91 Å². The van der Waals surface area contributed by atoms with Crippen molar-refractivity contribution in [2.45, 2.75) is 13.3 Å². The monoisotopic (exact) mass is 316 g/mol. The predicted molar refractivity (Wildman–Crippen MR) is 83.0 cm³/mol. The Labute approximate surface area is 132 Å². The fourth-order valence-electron chi connectivity index (χ4n) is 1.82. The highest BCUT2D eigenvalue weighted by Crippen LogP contribution is 2.16. The quantitative estimate of drug-likeness (QED) is 0.630. The largest absolute Gasteiger partial charge is 0.466 e. The molecule has 0 bridgehead atoms. The van der Waals surface area contributed by atoms with E-state index in [1.54, 1.807) is 43.3 Å². The summed E-state index contributed by atoms with van der Waals surface area (Å²) in [7, 11) is 0. The molecule has 0 spiro atoms. The predicted octanol–water partition coefficient (Wildman–Crippen LogP) is 2.42. The molecule has 0 unspecified atom stereocenters. The Balaban J connectivity index is 1.95. The maximum atomic E-state index is 11.9. The Bertz CT molecular complexity index is 694. The van der Waals surface area contributed by atoms with Crippen molar-refractivity contribution in [3.8, 4) is 0 Å². The Hall–Kier alpha value is -3.09. The molecule has 2 N–H and O–H groups in total. The molecular weight excluding hydrogens is 300 g/mol. The van der Waals surface area contributed by atoms with Gasteiger partial charge in [0.15, 0.2) is 5.76 Å². The summed E-state index contributed by atoms with van der Waals surface area (Å²) in [5, 5.41) is 5.21. The highest BCUT2D eigenvalue weighted by atomic mass is 16.5. The number of carbonyl (C=O) groups is 3. The SMILES string of the molecule is CCOC(=O)CC(=O)Nc1cccc(NC(=O)c2ccco2)c1. The van der Waals surface area contributed by atoms with Crippen LogP contribution in [0.5, 0.6) is 0 Å². The highest BCUT2D eigenvalue weighted by Gasteiger charge is 2.12. The van der Waals surface area contributed by atoms with Gasteiger partial charge in [-0.25, -0.2) is 0 Å². The molecule has 0 aliphatic rings. The lowest BCUT2D eigenvalue weighted by atomic mass is 10.2. The summed E-state index contributed by atoms with van der Waals surface area (Å²) >= 11 is 0. The van der Waals surface area contributed by atoms with E-state index in [0.717, 1.165) is 0 Å². The lowest BCUT2D eigenvalue weighted by Gasteiger charge is -2.08. The normalized spacial score (nSPS) is 9.96. The van der Waals surface area contributed by atoms with Crippen LogP contribution in [0.3, 0.4) is 0 Å². The van der Waals surface area contributed by atoms with Gasteiger partial charge >= 0.3 is 5.97 Å². The van der Waals surface area contributed by atoms with Gasteiger partial charge in [0.2, 0.25) is 5.91 Å². The van der Waals surface area contributed by atoms with Gasteiger partial charge in [-0.05, 0) is 37.3 Å². The lowest BCUT2D eigenvalue weighted by molar-refractivity contribution is -0.145. The number of benzene rings is 1. The van der Waals surface area contributed by atoms with Crippen molar-refractivity contribution in [2.24, 2.45) is 0 Å². The molecule has 1 aromatic carbocycles. The average molecular weight is 316 g/mol. The first kappa shape index (κ1) is 16.3. The number of anilines is 2. The van der Waals surface area contributed by atoms with Crippen LogP contribution in [-0.2, 0) is 14.3 Å². The maximum Gasteiger partial charge on any atom is 0.315 e. The first-order chi connectivity index (χ1) is 11.1. The van der Waals surface area contributed by atoms with E-state index in [1.807, 2.05) is 0 Å². The molecule has 0 aliphatic heterocycles. The molecule has 23 heavy (non-hydrogen) atoms. The van der Waals surface area contributed by atoms with Gasteiger partial charge in [-0.1, -0.05) is 6.07 Å². The summed E-state index contributed by atoms with van der Waals surface area (Å²) in [6.45, 7) is 1.89. The van der Waals surface area contributed by atoms with Gasteiger partial charge < -0.3 is 19.8 Å². The van der Waals surface area contributed by atoms with E-state index in [9.17, 15) is 14.4 Å². The molecular formula is C16H16N2O5. The molecule has 2 aromatic rings. The molecule has 0 saturated carbocycles. The Morgan fingerprint density at radius 1 is 1.09 bits per heavy atom. The fourth-order valence-corrected chi connectivity index (χ4v) is 1.82. The Morgan fingerprint density at radius 3 is 2.48 bits per heavy atom. The van der Waals surface area contributed by atoms with Crippen molar-refractivity contribution >= 4 is 29.2 Å². The van der Waals surface area contributed by atoms with Crippen LogP contribution in [0.4, 0.5) is 11.4 Å². The van der Waals surface area contributed by atoms with Gasteiger partial charge in [0, 0.05) is 11.4 Å². The van der Waals surface area contributed by atoms with E-state index in [-0.39, 0.29) is 18.8 Å². The lowest BCUT2D eigenvalue weighted by Crippen LogP contribution is -2.18. The van der Waals surface area contributed by atoms with Gasteiger partial charge in [-0.2, -0.15) is 0 Å². The van der Waals surface area contributed by atoms with Crippen LogP contribution in [0.15, 0.2) is 47.1 Å². The number of hydrogen-bond acceptors (Lipinski definition) is 5. The highest BCUT2D eigenvalue weighted by molar-refractivity contribution is 6.04. The molecule has 0 aliphatic carbocycles. The van der Waals surface area contributed by atoms with E-state index in [1.165, 1.54) is 6.26 Å². The molecule has 1 heterocycles. The number of rotatable bonds is 6. The third kappa shape index (κ3) is 4.99. The Kier molecular flexibility index (Phi) is 5.51. The summed E-state index contributed by atoms with van der Waals surface area (Å²) in [5.41, 5.74) is 0.942. The van der Waals surface area contributed by atoms with Crippen LogP contribution in [0.2, 0.25) is 0 Å². The van der Waals surface area contributed by atoms with Crippen LogP contribution in [0, 0.1) is 0 Å². The smallest absolute Gasteiger partial charge is 0.315 e. The van der Waals surface area contributed by atoms with E-state index < -0.39 is 17.8 Å². The van der Waals surface area contributed by atoms with Crippen molar-refractivity contribution in [3.63, 3.8) is 0 Å².